The zero-order valence-electron chi connectivity index (χ0n) is 40.1. The highest BCUT2D eigenvalue weighted by molar-refractivity contribution is 6.27. The highest BCUT2D eigenvalue weighted by atomic mass is 16.3. The number of hydrogen-bond acceptors (Lipinski definition) is 3. The Morgan fingerprint density at radius 3 is 1.93 bits per heavy atom. The number of rotatable bonds is 7. The summed E-state index contributed by atoms with van der Waals surface area (Å²) >= 11 is 0. The van der Waals surface area contributed by atoms with Crippen molar-refractivity contribution in [3.63, 3.8) is 0 Å². The molecule has 0 fully saturated rings. The quantitative estimate of drug-likeness (QED) is 0.157. The summed E-state index contributed by atoms with van der Waals surface area (Å²) in [7, 11) is 0. The van der Waals surface area contributed by atoms with Crippen LogP contribution >= 0.6 is 0 Å². The largest absolute Gasteiger partial charge is 0.455 e. The van der Waals surface area contributed by atoms with Crippen molar-refractivity contribution in [2.45, 2.75) is 19.4 Å². The lowest BCUT2D eigenvalue weighted by Gasteiger charge is -2.30. The summed E-state index contributed by atoms with van der Waals surface area (Å²) in [5, 5.41) is 11.8. The molecule has 15 rings (SSSR count). The second-order valence-corrected chi connectivity index (χ2v) is 19.5. The Labute approximate surface area is 421 Å². The molecule has 0 N–H and O–H groups in total. The molecule has 5 heteroatoms. The van der Waals surface area contributed by atoms with Crippen molar-refractivity contribution in [1.29, 1.82) is 0 Å². The van der Waals surface area contributed by atoms with Crippen LogP contribution in [0.2, 0.25) is 0 Å². The van der Waals surface area contributed by atoms with Gasteiger partial charge in [-0.3, -0.25) is 4.99 Å². The smallest absolute Gasteiger partial charge is 0.157 e. The van der Waals surface area contributed by atoms with Crippen molar-refractivity contribution in [3.05, 3.63) is 253 Å². The average Bonchev–Trinajstić information content (AvgIpc) is 4.16. The molecule has 4 heterocycles. The van der Waals surface area contributed by atoms with Crippen molar-refractivity contribution in [2.75, 3.05) is 0 Å². The zero-order valence-corrected chi connectivity index (χ0v) is 40.1. The van der Waals surface area contributed by atoms with E-state index in [-0.39, 0.29) is 12.0 Å². The highest BCUT2D eigenvalue weighted by Gasteiger charge is 2.35. The van der Waals surface area contributed by atoms with Crippen molar-refractivity contribution in [1.82, 2.24) is 9.13 Å². The first-order valence-corrected chi connectivity index (χ1v) is 25.4. The van der Waals surface area contributed by atoms with Crippen LogP contribution in [0.4, 0.5) is 0 Å². The van der Waals surface area contributed by atoms with Crippen LogP contribution in [0.5, 0.6) is 0 Å². The molecule has 14 aromatic rings. The van der Waals surface area contributed by atoms with E-state index < -0.39 is 0 Å². The maximum atomic E-state index is 7.23. The Hall–Kier alpha value is -9.32. The van der Waals surface area contributed by atoms with Crippen molar-refractivity contribution in [2.24, 2.45) is 15.9 Å². The van der Waals surface area contributed by atoms with Gasteiger partial charge in [0.05, 0.1) is 44.9 Å². The molecule has 11 aromatic carbocycles. The predicted octanol–water partition coefficient (Wildman–Crippen LogP) is 17.8. The van der Waals surface area contributed by atoms with Gasteiger partial charge in [0.1, 0.15) is 11.2 Å². The first-order valence-electron chi connectivity index (χ1n) is 25.4. The fourth-order valence-electron chi connectivity index (χ4n) is 12.2. The molecular formula is C68H46N4O. The maximum absolute atomic E-state index is 7.23. The Morgan fingerprint density at radius 1 is 0.452 bits per heavy atom. The van der Waals surface area contributed by atoms with E-state index in [1.807, 2.05) is 0 Å². The van der Waals surface area contributed by atoms with Gasteiger partial charge in [-0.2, -0.15) is 0 Å². The minimum atomic E-state index is -0.236. The lowest BCUT2D eigenvalue weighted by molar-refractivity contribution is 0.532. The fraction of sp³-hybridized carbons (Fsp3) is 0.0588. The van der Waals surface area contributed by atoms with Gasteiger partial charge in [0.2, 0.25) is 0 Å². The van der Waals surface area contributed by atoms with E-state index in [1.54, 1.807) is 0 Å². The third-order valence-corrected chi connectivity index (χ3v) is 15.5. The van der Waals surface area contributed by atoms with Gasteiger partial charge < -0.3 is 13.6 Å². The average molecular weight is 935 g/mol. The summed E-state index contributed by atoms with van der Waals surface area (Å²) in [4.78, 5) is 11.6. The lowest BCUT2D eigenvalue weighted by atomic mass is 9.82. The minimum absolute atomic E-state index is 0.0706. The van der Waals surface area contributed by atoms with Crippen LogP contribution < -0.4 is 0 Å². The Kier molecular flexibility index (Phi) is 9.30. The monoisotopic (exact) mass is 934 g/mol. The molecule has 0 saturated carbocycles. The summed E-state index contributed by atoms with van der Waals surface area (Å²) in [6.07, 6.45) is 0.811. The van der Waals surface area contributed by atoms with Gasteiger partial charge in [-0.1, -0.05) is 183 Å². The molecule has 0 radical (unpaired) electrons. The zero-order chi connectivity index (χ0) is 48.1. The summed E-state index contributed by atoms with van der Waals surface area (Å²) in [6, 6.07) is 85.3. The van der Waals surface area contributed by atoms with Crippen molar-refractivity contribution in [3.8, 4) is 22.5 Å². The lowest BCUT2D eigenvalue weighted by Crippen LogP contribution is -2.28. The number of aromatic nitrogens is 2. The first kappa shape index (κ1) is 41.5. The Bertz CT molecular complexity index is 4590. The van der Waals surface area contributed by atoms with E-state index in [2.05, 4.69) is 253 Å². The number of benzene rings is 11. The highest BCUT2D eigenvalue weighted by Crippen LogP contribution is 2.46. The number of para-hydroxylation sites is 4. The molecule has 0 bridgehead atoms. The van der Waals surface area contributed by atoms with Crippen LogP contribution in [0.15, 0.2) is 251 Å². The molecule has 73 heavy (non-hydrogen) atoms. The molecule has 0 spiro atoms. The molecule has 0 amide bonds. The molecule has 5 nitrogen and oxygen atoms in total. The van der Waals surface area contributed by atoms with Gasteiger partial charge in [0, 0.05) is 49.7 Å². The predicted molar refractivity (Wildman–Crippen MR) is 305 cm³/mol. The third-order valence-electron chi connectivity index (χ3n) is 15.5. The summed E-state index contributed by atoms with van der Waals surface area (Å²) in [5.41, 5.74) is 14.8. The normalized spacial score (nSPS) is 15.1. The molecule has 2 unspecified atom stereocenters. The van der Waals surface area contributed by atoms with Gasteiger partial charge in [-0.05, 0) is 105 Å². The second-order valence-electron chi connectivity index (χ2n) is 19.5. The number of hydrogen-bond donors (Lipinski definition) is 0. The maximum Gasteiger partial charge on any atom is 0.157 e. The van der Waals surface area contributed by atoms with E-state index >= 15 is 0 Å². The van der Waals surface area contributed by atoms with Gasteiger partial charge in [-0.15, -0.1) is 0 Å². The van der Waals surface area contributed by atoms with Crippen LogP contribution in [-0.2, 0) is 0 Å². The van der Waals surface area contributed by atoms with Crippen molar-refractivity contribution >= 4 is 98.6 Å². The molecule has 2 atom stereocenters. The van der Waals surface area contributed by atoms with Crippen LogP contribution in [0.1, 0.15) is 36.1 Å². The van der Waals surface area contributed by atoms with Gasteiger partial charge in [0.15, 0.2) is 5.84 Å². The van der Waals surface area contributed by atoms with Gasteiger partial charge in [-0.25, -0.2) is 4.99 Å². The standard InChI is InChI=1S/C68H46N4O/c1-2-49-64(45-34-32-43(33-35-45)42-18-5-3-6-19-42)69-68(55-29-17-28-52-51-26-13-15-30-57(51)71(66(52)55)48-23-7-4-8-24-48)70-65(49)54-37-39-59(63-53-27-14-16-31-61(53)73-67(54)63)72-58-38-36-44-20-11-12-25-50(44)62(58)56-40-46-21-9-10-22-47(46)41-60(56)72/h3-41,49,64H,2H2,1H3. The number of furan rings is 1. The molecule has 0 aliphatic carbocycles. The van der Waals surface area contributed by atoms with Crippen LogP contribution in [0, 0.1) is 5.92 Å². The number of amidine groups is 1. The topological polar surface area (TPSA) is 47.7 Å². The summed E-state index contributed by atoms with van der Waals surface area (Å²) < 4.78 is 12.1. The Balaban J connectivity index is 1.01. The minimum Gasteiger partial charge on any atom is -0.455 e. The van der Waals surface area contributed by atoms with Crippen LogP contribution in [-0.4, -0.2) is 20.7 Å². The van der Waals surface area contributed by atoms with E-state index in [1.165, 1.54) is 48.8 Å². The molecule has 1 aliphatic rings. The molecular weight excluding hydrogens is 889 g/mol. The van der Waals surface area contributed by atoms with Crippen molar-refractivity contribution < 1.29 is 4.42 Å². The van der Waals surface area contributed by atoms with E-state index in [4.69, 9.17) is 14.4 Å². The summed E-state index contributed by atoms with van der Waals surface area (Å²) in [6.45, 7) is 2.27. The first-order chi connectivity index (χ1) is 36.2. The van der Waals surface area contributed by atoms with Crippen LogP contribution in [0.3, 0.4) is 0 Å². The second kappa shape index (κ2) is 16.4. The van der Waals surface area contributed by atoms with E-state index in [0.717, 1.165) is 89.6 Å². The number of fused-ring (bicyclic) bond motifs is 12. The van der Waals surface area contributed by atoms with Gasteiger partial charge >= 0.3 is 0 Å². The van der Waals surface area contributed by atoms with E-state index in [0.29, 0.717) is 5.84 Å². The third kappa shape index (κ3) is 6.35. The number of aliphatic imine (C=N–C) groups is 2. The SMILES string of the molecule is CCC1C(c2ccc(-n3c4cc5ccccc5cc4c4c5ccccc5ccc43)c3c2oc2ccccc23)=NC(c2cccc3c4ccccc4n(-c4ccccc4)c23)=NC1c1ccc(-c2ccccc2)cc1. The van der Waals surface area contributed by atoms with Crippen LogP contribution in [0.25, 0.3) is 110 Å². The summed E-state index contributed by atoms with van der Waals surface area (Å²) in [5.74, 6) is 0.635. The molecule has 0 saturated heterocycles. The molecule has 1 aliphatic heterocycles. The fourth-order valence-corrected chi connectivity index (χ4v) is 12.2. The molecule has 344 valence electrons. The van der Waals surface area contributed by atoms with Gasteiger partial charge in [0.25, 0.3) is 0 Å². The Morgan fingerprint density at radius 2 is 1.12 bits per heavy atom. The molecule has 3 aromatic heterocycles. The van der Waals surface area contributed by atoms with E-state index in [9.17, 15) is 0 Å². The number of nitrogens with zero attached hydrogens (tertiary/aromatic N) is 4.